The molecular formula is C16H25N3O2. The van der Waals surface area contributed by atoms with E-state index in [1.165, 1.54) is 5.56 Å². The van der Waals surface area contributed by atoms with Gasteiger partial charge in [-0.1, -0.05) is 12.1 Å². The minimum atomic E-state index is -0.457. The third-order valence-corrected chi connectivity index (χ3v) is 3.54. The van der Waals surface area contributed by atoms with E-state index in [0.29, 0.717) is 0 Å². The molecule has 2 N–H and O–H groups in total. The second-order valence-electron chi connectivity index (χ2n) is 6.58. The number of rotatable bonds is 3. The number of anilines is 1. The van der Waals surface area contributed by atoms with Gasteiger partial charge in [0.05, 0.1) is 5.41 Å². The second kappa shape index (κ2) is 6.45. The molecule has 5 heteroatoms. The van der Waals surface area contributed by atoms with Crippen molar-refractivity contribution in [3.63, 3.8) is 0 Å². The van der Waals surface area contributed by atoms with Crippen LogP contribution in [0.3, 0.4) is 0 Å². The van der Waals surface area contributed by atoms with E-state index in [2.05, 4.69) is 17.0 Å². The van der Waals surface area contributed by atoms with Crippen LogP contribution in [0.25, 0.3) is 0 Å². The van der Waals surface area contributed by atoms with Crippen LogP contribution in [0.4, 0.5) is 5.69 Å². The van der Waals surface area contributed by atoms with E-state index < -0.39 is 5.41 Å². The Morgan fingerprint density at radius 3 is 2.24 bits per heavy atom. The Morgan fingerprint density at radius 1 is 1.14 bits per heavy atom. The zero-order valence-electron chi connectivity index (χ0n) is 13.1. The number of benzene rings is 1. The van der Waals surface area contributed by atoms with Crippen LogP contribution in [0.2, 0.25) is 0 Å². The summed E-state index contributed by atoms with van der Waals surface area (Å²) < 4.78 is 0. The fourth-order valence-corrected chi connectivity index (χ4v) is 2.11. The Bertz CT molecular complexity index is 471. The van der Waals surface area contributed by atoms with Gasteiger partial charge in [-0.25, -0.2) is 4.79 Å². The lowest BCUT2D eigenvalue weighted by Crippen LogP contribution is -2.47. The van der Waals surface area contributed by atoms with Crippen LogP contribution in [0, 0.1) is 5.41 Å². The monoisotopic (exact) mass is 291 g/mol. The summed E-state index contributed by atoms with van der Waals surface area (Å²) >= 11 is 0. The lowest BCUT2D eigenvalue weighted by atomic mass is 9.98. The molecule has 1 saturated heterocycles. The molecule has 0 unspecified atom stereocenters. The summed E-state index contributed by atoms with van der Waals surface area (Å²) in [4.78, 5) is 19.6. The highest BCUT2D eigenvalue weighted by Crippen LogP contribution is 2.17. The van der Waals surface area contributed by atoms with Crippen LogP contribution in [0.15, 0.2) is 24.3 Å². The molecule has 21 heavy (non-hydrogen) atoms. The Labute approximate surface area is 126 Å². The molecular weight excluding hydrogens is 266 g/mol. The van der Waals surface area contributed by atoms with Gasteiger partial charge in [-0.05, 0) is 38.5 Å². The zero-order valence-corrected chi connectivity index (χ0v) is 13.1. The smallest absolute Gasteiger partial charge is 0.330 e. The van der Waals surface area contributed by atoms with Gasteiger partial charge in [-0.2, -0.15) is 0 Å². The molecule has 0 radical (unpaired) electrons. The molecule has 0 aliphatic carbocycles. The molecule has 1 heterocycles. The van der Waals surface area contributed by atoms with E-state index in [9.17, 15) is 4.79 Å². The van der Waals surface area contributed by atoms with Crippen LogP contribution in [-0.2, 0) is 16.2 Å². The number of hydroxylamine groups is 2. The van der Waals surface area contributed by atoms with Crippen molar-refractivity contribution in [3.8, 4) is 0 Å². The molecule has 1 aliphatic rings. The number of nitrogen functional groups attached to an aromatic ring is 1. The number of carbonyl (C=O) groups excluding carboxylic acids is 1. The van der Waals surface area contributed by atoms with Crippen LogP contribution >= 0.6 is 0 Å². The average molecular weight is 291 g/mol. The standard InChI is InChI=1S/C16H25N3O2/c1-16(2,3)15(20)21-19-10-8-18(9-11-19)12-13-4-6-14(17)7-5-13/h4-7H,8-12,17H2,1-3H3. The second-order valence-corrected chi connectivity index (χ2v) is 6.58. The summed E-state index contributed by atoms with van der Waals surface area (Å²) in [7, 11) is 0. The van der Waals surface area contributed by atoms with Gasteiger partial charge in [0, 0.05) is 38.4 Å². The number of hydrogen-bond donors (Lipinski definition) is 1. The molecule has 1 fully saturated rings. The maximum atomic E-state index is 11.8. The minimum absolute atomic E-state index is 0.172. The van der Waals surface area contributed by atoms with Gasteiger partial charge >= 0.3 is 5.97 Å². The molecule has 116 valence electrons. The molecule has 0 spiro atoms. The maximum Gasteiger partial charge on any atom is 0.330 e. The average Bonchev–Trinajstić information content (AvgIpc) is 2.42. The predicted octanol–water partition coefficient (Wildman–Crippen LogP) is 1.89. The minimum Gasteiger partial charge on any atom is -0.399 e. The van der Waals surface area contributed by atoms with Crippen molar-refractivity contribution in [1.29, 1.82) is 0 Å². The fourth-order valence-electron chi connectivity index (χ4n) is 2.11. The number of nitrogens with two attached hydrogens (primary N) is 1. The van der Waals surface area contributed by atoms with Crippen molar-refractivity contribution < 1.29 is 9.63 Å². The third-order valence-electron chi connectivity index (χ3n) is 3.54. The van der Waals surface area contributed by atoms with Crippen molar-refractivity contribution in [2.45, 2.75) is 27.3 Å². The molecule has 0 bridgehead atoms. The molecule has 5 nitrogen and oxygen atoms in total. The van der Waals surface area contributed by atoms with Gasteiger partial charge in [0.2, 0.25) is 0 Å². The normalized spacial score (nSPS) is 17.7. The molecule has 2 rings (SSSR count). The van der Waals surface area contributed by atoms with Crippen molar-refractivity contribution in [2.24, 2.45) is 5.41 Å². The maximum absolute atomic E-state index is 11.8. The first-order valence-corrected chi connectivity index (χ1v) is 7.39. The molecule has 0 amide bonds. The molecule has 1 aromatic carbocycles. The van der Waals surface area contributed by atoms with Gasteiger partial charge in [0.25, 0.3) is 0 Å². The summed E-state index contributed by atoms with van der Waals surface area (Å²) in [5, 5.41) is 1.77. The van der Waals surface area contributed by atoms with Crippen molar-refractivity contribution in [3.05, 3.63) is 29.8 Å². The molecule has 0 saturated carbocycles. The van der Waals surface area contributed by atoms with Crippen LogP contribution in [0.1, 0.15) is 26.3 Å². The SMILES string of the molecule is CC(C)(C)C(=O)ON1CCN(Cc2ccc(N)cc2)CC1. The third kappa shape index (κ3) is 4.72. The van der Waals surface area contributed by atoms with E-state index in [1.54, 1.807) is 5.06 Å². The van der Waals surface area contributed by atoms with E-state index in [0.717, 1.165) is 38.4 Å². The van der Waals surface area contributed by atoms with Gasteiger partial charge < -0.3 is 10.6 Å². The summed E-state index contributed by atoms with van der Waals surface area (Å²) in [5.41, 5.74) is 7.28. The first-order valence-electron chi connectivity index (χ1n) is 7.39. The van der Waals surface area contributed by atoms with E-state index in [1.807, 2.05) is 32.9 Å². The topological polar surface area (TPSA) is 58.8 Å². The first-order chi connectivity index (χ1) is 9.84. The highest BCUT2D eigenvalue weighted by molar-refractivity contribution is 5.75. The Morgan fingerprint density at radius 2 is 1.71 bits per heavy atom. The summed E-state index contributed by atoms with van der Waals surface area (Å²) in [5.74, 6) is -0.172. The van der Waals surface area contributed by atoms with E-state index in [4.69, 9.17) is 10.6 Å². The molecule has 1 aromatic rings. The van der Waals surface area contributed by atoms with Crippen molar-refractivity contribution in [2.75, 3.05) is 31.9 Å². The largest absolute Gasteiger partial charge is 0.399 e. The van der Waals surface area contributed by atoms with E-state index in [-0.39, 0.29) is 5.97 Å². The summed E-state index contributed by atoms with van der Waals surface area (Å²) in [6, 6.07) is 7.97. The number of hydrogen-bond acceptors (Lipinski definition) is 5. The van der Waals surface area contributed by atoms with Crippen molar-refractivity contribution >= 4 is 11.7 Å². The number of carbonyl (C=O) groups is 1. The fraction of sp³-hybridized carbons (Fsp3) is 0.562. The highest BCUT2D eigenvalue weighted by atomic mass is 16.7. The molecule has 0 aromatic heterocycles. The van der Waals surface area contributed by atoms with Gasteiger partial charge in [0.1, 0.15) is 0 Å². The van der Waals surface area contributed by atoms with E-state index >= 15 is 0 Å². The summed E-state index contributed by atoms with van der Waals surface area (Å²) in [6.45, 7) is 9.78. The van der Waals surface area contributed by atoms with Crippen LogP contribution in [-0.4, -0.2) is 42.1 Å². The highest BCUT2D eigenvalue weighted by Gasteiger charge is 2.27. The van der Waals surface area contributed by atoms with Crippen LogP contribution < -0.4 is 5.73 Å². The molecule has 1 aliphatic heterocycles. The lowest BCUT2D eigenvalue weighted by molar-refractivity contribution is -0.207. The van der Waals surface area contributed by atoms with Gasteiger partial charge in [-0.3, -0.25) is 4.90 Å². The molecule has 0 atom stereocenters. The Hall–Kier alpha value is -1.59. The zero-order chi connectivity index (χ0) is 15.5. The number of piperazine rings is 1. The van der Waals surface area contributed by atoms with Crippen LogP contribution in [0.5, 0.6) is 0 Å². The Kier molecular flexibility index (Phi) is 4.85. The van der Waals surface area contributed by atoms with Gasteiger partial charge in [0.15, 0.2) is 0 Å². The first kappa shape index (κ1) is 15.8. The van der Waals surface area contributed by atoms with Gasteiger partial charge in [-0.15, -0.1) is 5.06 Å². The van der Waals surface area contributed by atoms with Crippen molar-refractivity contribution in [1.82, 2.24) is 9.96 Å². The summed E-state index contributed by atoms with van der Waals surface area (Å²) in [6.07, 6.45) is 0. The number of nitrogens with zero attached hydrogens (tertiary/aromatic N) is 2. The lowest BCUT2D eigenvalue weighted by Gasteiger charge is -2.34. The quantitative estimate of drug-likeness (QED) is 0.862. The Balaban J connectivity index is 1.78. The predicted molar refractivity (Wildman–Crippen MR) is 83.3 cm³/mol.